The van der Waals surface area contributed by atoms with Crippen molar-refractivity contribution in [3.8, 4) is 0 Å². The summed E-state index contributed by atoms with van der Waals surface area (Å²) in [6, 6.07) is 8.30. The quantitative estimate of drug-likeness (QED) is 0.853. The largest absolute Gasteiger partial charge is 0.479 e. The van der Waals surface area contributed by atoms with Crippen molar-refractivity contribution in [1.29, 1.82) is 0 Å². The standard InChI is InChI=1S/C19H25NO5/c1-12-4-6-13(7-5-12)17-14(3-2-10-24-17)11-20-18(21)15-8-9-16(25-15)19(22)23/h4-7,14-17H,2-3,8-11H2,1H3,(H,20,21)(H,22,23)/t14?,15-,16+,17?/m0/s1. The lowest BCUT2D eigenvalue weighted by Gasteiger charge is -2.32. The van der Waals surface area contributed by atoms with Crippen LogP contribution in [0.1, 0.15) is 42.9 Å². The molecule has 2 N–H and O–H groups in total. The Hall–Kier alpha value is -1.92. The first-order valence-electron chi connectivity index (χ1n) is 8.88. The van der Waals surface area contributed by atoms with Gasteiger partial charge in [0.15, 0.2) is 6.10 Å². The van der Waals surface area contributed by atoms with E-state index in [-0.39, 0.29) is 17.9 Å². The molecule has 0 radical (unpaired) electrons. The number of ether oxygens (including phenoxy) is 2. The molecule has 4 atom stereocenters. The van der Waals surface area contributed by atoms with Crippen molar-refractivity contribution in [1.82, 2.24) is 5.32 Å². The molecule has 0 aromatic heterocycles. The minimum Gasteiger partial charge on any atom is -0.479 e. The zero-order valence-electron chi connectivity index (χ0n) is 14.4. The molecule has 2 heterocycles. The molecule has 0 aliphatic carbocycles. The van der Waals surface area contributed by atoms with Gasteiger partial charge in [0.2, 0.25) is 5.91 Å². The monoisotopic (exact) mass is 347 g/mol. The van der Waals surface area contributed by atoms with E-state index in [9.17, 15) is 9.59 Å². The molecule has 136 valence electrons. The SMILES string of the molecule is Cc1ccc(C2OCCCC2CNC(=O)[C@@H]2CC[C@H](C(=O)O)O2)cc1. The van der Waals surface area contributed by atoms with E-state index >= 15 is 0 Å². The van der Waals surface area contributed by atoms with E-state index in [1.165, 1.54) is 5.56 Å². The zero-order chi connectivity index (χ0) is 17.8. The van der Waals surface area contributed by atoms with E-state index < -0.39 is 18.2 Å². The number of hydrogen-bond donors (Lipinski definition) is 2. The Morgan fingerprint density at radius 1 is 1.16 bits per heavy atom. The van der Waals surface area contributed by atoms with Crippen LogP contribution in [0.15, 0.2) is 24.3 Å². The van der Waals surface area contributed by atoms with E-state index in [0.29, 0.717) is 19.4 Å². The van der Waals surface area contributed by atoms with Gasteiger partial charge in [-0.1, -0.05) is 29.8 Å². The highest BCUT2D eigenvalue weighted by atomic mass is 16.5. The summed E-state index contributed by atoms with van der Waals surface area (Å²) >= 11 is 0. The molecular weight excluding hydrogens is 322 g/mol. The number of aryl methyl sites for hydroxylation is 1. The molecule has 2 aliphatic rings. The fraction of sp³-hybridized carbons (Fsp3) is 0.579. The van der Waals surface area contributed by atoms with Gasteiger partial charge in [0.1, 0.15) is 6.10 Å². The van der Waals surface area contributed by atoms with Gasteiger partial charge >= 0.3 is 5.97 Å². The van der Waals surface area contributed by atoms with Crippen LogP contribution in [0.5, 0.6) is 0 Å². The second kappa shape index (κ2) is 7.97. The highest BCUT2D eigenvalue weighted by Gasteiger charge is 2.35. The maximum Gasteiger partial charge on any atom is 0.332 e. The first-order chi connectivity index (χ1) is 12.0. The van der Waals surface area contributed by atoms with Crippen molar-refractivity contribution in [2.75, 3.05) is 13.2 Å². The van der Waals surface area contributed by atoms with Crippen molar-refractivity contribution in [2.24, 2.45) is 5.92 Å². The second-order valence-electron chi connectivity index (χ2n) is 6.88. The van der Waals surface area contributed by atoms with Gasteiger partial charge in [0, 0.05) is 19.1 Å². The van der Waals surface area contributed by atoms with E-state index in [1.807, 2.05) is 0 Å². The molecule has 2 aliphatic heterocycles. The molecule has 2 unspecified atom stereocenters. The molecule has 6 heteroatoms. The average Bonchev–Trinajstić information content (AvgIpc) is 3.11. The lowest BCUT2D eigenvalue weighted by molar-refractivity contribution is -0.151. The van der Waals surface area contributed by atoms with Crippen LogP contribution in [-0.2, 0) is 19.1 Å². The van der Waals surface area contributed by atoms with Gasteiger partial charge in [-0.15, -0.1) is 0 Å². The van der Waals surface area contributed by atoms with E-state index in [1.54, 1.807) is 0 Å². The van der Waals surface area contributed by atoms with Crippen LogP contribution in [0.4, 0.5) is 0 Å². The first-order valence-corrected chi connectivity index (χ1v) is 8.88. The summed E-state index contributed by atoms with van der Waals surface area (Å²) in [5.41, 5.74) is 2.34. The van der Waals surface area contributed by atoms with Gasteiger partial charge in [-0.25, -0.2) is 4.79 Å². The fourth-order valence-electron chi connectivity index (χ4n) is 3.53. The van der Waals surface area contributed by atoms with Gasteiger partial charge in [-0.3, -0.25) is 4.79 Å². The van der Waals surface area contributed by atoms with Crippen LogP contribution in [0.3, 0.4) is 0 Å². The van der Waals surface area contributed by atoms with E-state index in [4.69, 9.17) is 14.6 Å². The minimum atomic E-state index is -1.00. The number of amides is 1. The third kappa shape index (κ3) is 4.38. The Kier molecular flexibility index (Phi) is 5.71. The summed E-state index contributed by atoms with van der Waals surface area (Å²) in [5, 5.41) is 11.9. The van der Waals surface area contributed by atoms with Gasteiger partial charge in [0.25, 0.3) is 0 Å². The molecule has 25 heavy (non-hydrogen) atoms. The molecule has 2 fully saturated rings. The third-order valence-corrected chi connectivity index (χ3v) is 4.98. The lowest BCUT2D eigenvalue weighted by Crippen LogP contribution is -2.40. The number of carbonyl (C=O) groups is 2. The summed E-state index contributed by atoms with van der Waals surface area (Å²) in [6.45, 7) is 3.29. The molecule has 6 nitrogen and oxygen atoms in total. The average molecular weight is 347 g/mol. The Morgan fingerprint density at radius 2 is 1.88 bits per heavy atom. The lowest BCUT2D eigenvalue weighted by atomic mass is 9.89. The second-order valence-corrected chi connectivity index (χ2v) is 6.88. The predicted octanol–water partition coefficient (Wildman–Crippen LogP) is 2.21. The van der Waals surface area contributed by atoms with Crippen molar-refractivity contribution >= 4 is 11.9 Å². The van der Waals surface area contributed by atoms with Gasteiger partial charge in [0.05, 0.1) is 6.10 Å². The fourth-order valence-corrected chi connectivity index (χ4v) is 3.53. The molecule has 0 bridgehead atoms. The van der Waals surface area contributed by atoms with Crippen molar-refractivity contribution in [3.05, 3.63) is 35.4 Å². The van der Waals surface area contributed by atoms with E-state index in [0.717, 1.165) is 25.0 Å². The molecule has 0 saturated carbocycles. The Labute approximate surface area is 147 Å². The van der Waals surface area contributed by atoms with Gasteiger partial charge in [-0.05, 0) is 38.2 Å². The molecule has 3 rings (SSSR count). The summed E-state index contributed by atoms with van der Waals surface area (Å²) in [5.74, 6) is -1.02. The van der Waals surface area contributed by atoms with Crippen molar-refractivity contribution in [2.45, 2.75) is 50.9 Å². The van der Waals surface area contributed by atoms with Crippen LogP contribution in [0.2, 0.25) is 0 Å². The van der Waals surface area contributed by atoms with Gasteiger partial charge < -0.3 is 19.9 Å². The molecule has 1 aromatic rings. The summed E-state index contributed by atoms with van der Waals surface area (Å²) in [6.07, 6.45) is 1.24. The van der Waals surface area contributed by atoms with Crippen LogP contribution in [-0.4, -0.2) is 42.3 Å². The highest BCUT2D eigenvalue weighted by molar-refractivity contribution is 5.82. The molecule has 2 saturated heterocycles. The summed E-state index contributed by atoms with van der Waals surface area (Å²) in [4.78, 5) is 23.2. The maximum atomic E-state index is 12.3. The Balaban J connectivity index is 1.56. The number of carbonyl (C=O) groups excluding carboxylic acids is 1. The number of hydrogen-bond acceptors (Lipinski definition) is 4. The molecule has 0 spiro atoms. The zero-order valence-corrected chi connectivity index (χ0v) is 14.4. The maximum absolute atomic E-state index is 12.3. The third-order valence-electron chi connectivity index (χ3n) is 4.98. The number of benzene rings is 1. The van der Waals surface area contributed by atoms with Crippen molar-refractivity contribution < 1.29 is 24.2 Å². The highest BCUT2D eigenvalue weighted by Crippen LogP contribution is 2.33. The molecular formula is C19H25NO5. The smallest absolute Gasteiger partial charge is 0.332 e. The van der Waals surface area contributed by atoms with Gasteiger partial charge in [-0.2, -0.15) is 0 Å². The van der Waals surface area contributed by atoms with Crippen LogP contribution in [0.25, 0.3) is 0 Å². The number of carboxylic acids is 1. The topological polar surface area (TPSA) is 84.9 Å². The summed E-state index contributed by atoms with van der Waals surface area (Å²) in [7, 11) is 0. The first kappa shape index (κ1) is 17.9. The normalized spacial score (nSPS) is 29.3. The number of aliphatic carboxylic acids is 1. The van der Waals surface area contributed by atoms with Crippen LogP contribution < -0.4 is 5.32 Å². The number of rotatable bonds is 5. The number of carboxylic acid groups (broad SMARTS) is 1. The van der Waals surface area contributed by atoms with Crippen molar-refractivity contribution in [3.63, 3.8) is 0 Å². The number of nitrogens with one attached hydrogen (secondary N) is 1. The van der Waals surface area contributed by atoms with E-state index in [2.05, 4.69) is 36.5 Å². The molecule has 1 aromatic carbocycles. The Morgan fingerprint density at radius 3 is 2.56 bits per heavy atom. The van der Waals surface area contributed by atoms with Crippen LogP contribution >= 0.6 is 0 Å². The summed E-state index contributed by atoms with van der Waals surface area (Å²) < 4.78 is 11.3. The predicted molar refractivity (Wildman–Crippen MR) is 91.1 cm³/mol. The van der Waals surface area contributed by atoms with Crippen LogP contribution in [0, 0.1) is 12.8 Å². The molecule has 1 amide bonds. The Bertz CT molecular complexity index is 615. The minimum absolute atomic E-state index is 0.0223.